The highest BCUT2D eigenvalue weighted by Crippen LogP contribution is 2.22. The third-order valence-electron chi connectivity index (χ3n) is 2.08. The fraction of sp³-hybridized carbons (Fsp3) is 0.200. The standard InChI is InChI=1S/C10H9F2NO/c1-13-5-4-7-2-3-8(6-9(7)13)14-10(11)12/h2-6,10H,1H3. The predicted octanol–water partition coefficient (Wildman–Crippen LogP) is 2.78. The Morgan fingerprint density at radius 2 is 2.07 bits per heavy atom. The lowest BCUT2D eigenvalue weighted by Gasteiger charge is -2.04. The average Bonchev–Trinajstić information content (AvgIpc) is 2.47. The number of fused-ring (bicyclic) bond motifs is 1. The van der Waals surface area contributed by atoms with Crippen LogP contribution in [0.25, 0.3) is 10.9 Å². The Morgan fingerprint density at radius 1 is 1.29 bits per heavy atom. The van der Waals surface area contributed by atoms with E-state index in [9.17, 15) is 8.78 Å². The lowest BCUT2D eigenvalue weighted by Crippen LogP contribution is -2.01. The first-order valence-corrected chi connectivity index (χ1v) is 4.17. The normalized spacial score (nSPS) is 11.1. The minimum Gasteiger partial charge on any atom is -0.435 e. The van der Waals surface area contributed by atoms with Crippen molar-refractivity contribution in [3.63, 3.8) is 0 Å². The summed E-state index contributed by atoms with van der Waals surface area (Å²) in [7, 11) is 1.86. The van der Waals surface area contributed by atoms with Gasteiger partial charge in [-0.3, -0.25) is 0 Å². The lowest BCUT2D eigenvalue weighted by molar-refractivity contribution is -0.0497. The van der Waals surface area contributed by atoms with Crippen LogP contribution in [0.3, 0.4) is 0 Å². The number of halogens is 2. The molecule has 1 aromatic heterocycles. The van der Waals surface area contributed by atoms with Gasteiger partial charge in [-0.15, -0.1) is 0 Å². The summed E-state index contributed by atoms with van der Waals surface area (Å²) >= 11 is 0. The van der Waals surface area contributed by atoms with Gasteiger partial charge in [0.2, 0.25) is 0 Å². The molecule has 14 heavy (non-hydrogen) atoms. The molecule has 0 saturated heterocycles. The number of hydrogen-bond donors (Lipinski definition) is 0. The molecule has 4 heteroatoms. The van der Waals surface area contributed by atoms with E-state index in [4.69, 9.17) is 0 Å². The summed E-state index contributed by atoms with van der Waals surface area (Å²) in [6.45, 7) is -2.77. The molecular formula is C10H9F2NO. The summed E-state index contributed by atoms with van der Waals surface area (Å²) in [5.74, 6) is 0.189. The molecule has 0 atom stereocenters. The van der Waals surface area contributed by atoms with Crippen LogP contribution in [0.2, 0.25) is 0 Å². The number of alkyl halides is 2. The lowest BCUT2D eigenvalue weighted by atomic mass is 10.2. The topological polar surface area (TPSA) is 14.2 Å². The van der Waals surface area contributed by atoms with Crippen molar-refractivity contribution in [1.82, 2.24) is 4.57 Å². The molecule has 0 radical (unpaired) electrons. The number of rotatable bonds is 2. The highest BCUT2D eigenvalue weighted by molar-refractivity contribution is 5.81. The number of hydrogen-bond acceptors (Lipinski definition) is 1. The SMILES string of the molecule is Cn1ccc2ccc(OC(F)F)cc21. The highest BCUT2D eigenvalue weighted by Gasteiger charge is 2.05. The summed E-state index contributed by atoms with van der Waals surface area (Å²) in [6, 6.07) is 6.81. The van der Waals surface area contributed by atoms with Crippen LogP contribution in [0.5, 0.6) is 5.75 Å². The van der Waals surface area contributed by atoms with E-state index >= 15 is 0 Å². The number of aryl methyl sites for hydroxylation is 1. The largest absolute Gasteiger partial charge is 0.435 e. The van der Waals surface area contributed by atoms with E-state index in [-0.39, 0.29) is 5.75 Å². The predicted molar refractivity (Wildman–Crippen MR) is 49.6 cm³/mol. The molecular weight excluding hydrogens is 188 g/mol. The Hall–Kier alpha value is -1.58. The Kier molecular flexibility index (Phi) is 2.11. The smallest absolute Gasteiger partial charge is 0.387 e. The molecule has 0 saturated carbocycles. The van der Waals surface area contributed by atoms with Crippen LogP contribution in [-0.2, 0) is 7.05 Å². The van der Waals surface area contributed by atoms with E-state index in [1.165, 1.54) is 6.07 Å². The second kappa shape index (κ2) is 3.29. The molecule has 0 fully saturated rings. The Morgan fingerprint density at radius 3 is 2.79 bits per heavy atom. The van der Waals surface area contributed by atoms with Crippen molar-refractivity contribution in [3.05, 3.63) is 30.5 Å². The molecule has 1 heterocycles. The van der Waals surface area contributed by atoms with Gasteiger partial charge in [-0.1, -0.05) is 0 Å². The maximum Gasteiger partial charge on any atom is 0.387 e. The average molecular weight is 197 g/mol. The van der Waals surface area contributed by atoms with Crippen LogP contribution >= 0.6 is 0 Å². The Balaban J connectivity index is 2.44. The first kappa shape index (κ1) is 8.99. The van der Waals surface area contributed by atoms with Gasteiger partial charge in [-0.05, 0) is 23.6 Å². The van der Waals surface area contributed by atoms with E-state index in [2.05, 4.69) is 4.74 Å². The van der Waals surface area contributed by atoms with Crippen molar-refractivity contribution in [1.29, 1.82) is 0 Å². The summed E-state index contributed by atoms with van der Waals surface area (Å²) in [5.41, 5.74) is 0.878. The number of ether oxygens (including phenoxy) is 1. The molecule has 0 bridgehead atoms. The minimum atomic E-state index is -2.77. The minimum absolute atomic E-state index is 0.189. The summed E-state index contributed by atoms with van der Waals surface area (Å²) < 4.78 is 30.0. The second-order valence-corrected chi connectivity index (χ2v) is 3.03. The van der Waals surface area contributed by atoms with Crippen molar-refractivity contribution < 1.29 is 13.5 Å². The van der Waals surface area contributed by atoms with E-state index in [0.29, 0.717) is 0 Å². The Bertz CT molecular complexity index is 450. The first-order chi connectivity index (χ1) is 6.66. The van der Waals surface area contributed by atoms with Crippen molar-refractivity contribution in [2.45, 2.75) is 6.61 Å². The van der Waals surface area contributed by atoms with Gasteiger partial charge in [-0.25, -0.2) is 0 Å². The molecule has 2 nitrogen and oxygen atoms in total. The molecule has 74 valence electrons. The maximum atomic E-state index is 11.9. The number of nitrogens with zero attached hydrogens (tertiary/aromatic N) is 1. The number of benzene rings is 1. The molecule has 0 unspecified atom stereocenters. The van der Waals surface area contributed by atoms with Crippen LogP contribution in [0.1, 0.15) is 0 Å². The van der Waals surface area contributed by atoms with Crippen molar-refractivity contribution in [3.8, 4) is 5.75 Å². The third kappa shape index (κ3) is 1.55. The van der Waals surface area contributed by atoms with Gasteiger partial charge in [0.1, 0.15) is 5.75 Å². The fourth-order valence-electron chi connectivity index (χ4n) is 1.42. The second-order valence-electron chi connectivity index (χ2n) is 3.03. The van der Waals surface area contributed by atoms with E-state index in [1.54, 1.807) is 12.1 Å². The molecule has 0 N–H and O–H groups in total. The van der Waals surface area contributed by atoms with E-state index in [0.717, 1.165) is 10.9 Å². The third-order valence-corrected chi connectivity index (χ3v) is 2.08. The zero-order valence-corrected chi connectivity index (χ0v) is 7.58. The van der Waals surface area contributed by atoms with E-state index < -0.39 is 6.61 Å². The molecule has 1 aromatic carbocycles. The van der Waals surface area contributed by atoms with E-state index in [1.807, 2.05) is 23.9 Å². The highest BCUT2D eigenvalue weighted by atomic mass is 19.3. The molecule has 0 amide bonds. The van der Waals surface area contributed by atoms with Crippen molar-refractivity contribution in [2.24, 2.45) is 7.05 Å². The monoisotopic (exact) mass is 197 g/mol. The quantitative estimate of drug-likeness (QED) is 0.722. The van der Waals surface area contributed by atoms with Gasteiger partial charge < -0.3 is 9.30 Å². The summed E-state index contributed by atoms with van der Waals surface area (Å²) in [4.78, 5) is 0. The van der Waals surface area contributed by atoms with Gasteiger partial charge >= 0.3 is 6.61 Å². The molecule has 0 aliphatic heterocycles. The molecule has 2 rings (SSSR count). The molecule has 0 aliphatic carbocycles. The van der Waals surface area contributed by atoms with Gasteiger partial charge in [0.15, 0.2) is 0 Å². The van der Waals surface area contributed by atoms with Gasteiger partial charge in [0.25, 0.3) is 0 Å². The zero-order valence-electron chi connectivity index (χ0n) is 7.58. The summed E-state index contributed by atoms with van der Waals surface area (Å²) in [5, 5.41) is 1.01. The summed E-state index contributed by atoms with van der Waals surface area (Å²) in [6.07, 6.45) is 1.87. The molecule has 0 aliphatic rings. The van der Waals surface area contributed by atoms with Crippen LogP contribution < -0.4 is 4.74 Å². The van der Waals surface area contributed by atoms with Crippen molar-refractivity contribution in [2.75, 3.05) is 0 Å². The fourth-order valence-corrected chi connectivity index (χ4v) is 1.42. The first-order valence-electron chi connectivity index (χ1n) is 4.17. The Labute approximate surface area is 79.7 Å². The van der Waals surface area contributed by atoms with Crippen LogP contribution in [-0.4, -0.2) is 11.2 Å². The van der Waals surface area contributed by atoms with Crippen LogP contribution in [0, 0.1) is 0 Å². The van der Waals surface area contributed by atoms with Gasteiger partial charge in [-0.2, -0.15) is 8.78 Å². The van der Waals surface area contributed by atoms with Crippen LogP contribution in [0.4, 0.5) is 8.78 Å². The van der Waals surface area contributed by atoms with Gasteiger partial charge in [0.05, 0.1) is 5.52 Å². The number of aromatic nitrogens is 1. The molecule has 2 aromatic rings. The maximum absolute atomic E-state index is 11.9. The zero-order chi connectivity index (χ0) is 10.1. The van der Waals surface area contributed by atoms with Crippen LogP contribution in [0.15, 0.2) is 30.5 Å². The molecule has 0 spiro atoms. The van der Waals surface area contributed by atoms with Gasteiger partial charge in [0, 0.05) is 19.3 Å². The van der Waals surface area contributed by atoms with Crippen molar-refractivity contribution >= 4 is 10.9 Å².